The molecule has 2 heterocycles. The number of sulfonamides is 1. The van der Waals surface area contributed by atoms with Crippen LogP contribution in [0.25, 0.3) is 0 Å². The summed E-state index contributed by atoms with van der Waals surface area (Å²) < 4.78 is 97.5. The summed E-state index contributed by atoms with van der Waals surface area (Å²) in [7, 11) is -5.42. The summed E-state index contributed by atoms with van der Waals surface area (Å²) in [4.78, 5) is 25.6. The first kappa shape index (κ1) is 31.7. The maximum Gasteiger partial charge on any atom is 0.430 e. The molecule has 0 spiro atoms. The van der Waals surface area contributed by atoms with Gasteiger partial charge in [-0.3, -0.25) is 9.80 Å². The molecule has 1 aliphatic rings. The second-order valence-electron chi connectivity index (χ2n) is 10.8. The van der Waals surface area contributed by atoms with Crippen LogP contribution in [0.15, 0.2) is 39.8 Å². The van der Waals surface area contributed by atoms with E-state index in [1.807, 2.05) is 0 Å². The Labute approximate surface area is 244 Å². The SMILES string of the molecule is Cc1cc(N(C(=O)OC(C)(C)C)S(=O)(=O)c2c(F)cc(N(Cc3c(F)ccc(F)c3CN3CCC3)C(=O)O)cc2F)no1. The molecule has 43 heavy (non-hydrogen) atoms. The van der Waals surface area contributed by atoms with Crippen LogP contribution in [0.3, 0.4) is 0 Å². The first-order chi connectivity index (χ1) is 20.0. The van der Waals surface area contributed by atoms with E-state index >= 15 is 8.78 Å². The van der Waals surface area contributed by atoms with Gasteiger partial charge in [-0.1, -0.05) is 5.16 Å². The minimum Gasteiger partial charge on any atom is -0.465 e. The lowest BCUT2D eigenvalue weighted by Crippen LogP contribution is -2.42. The fourth-order valence-corrected chi connectivity index (χ4v) is 5.63. The number of nitrogens with zero attached hydrogens (tertiary/aromatic N) is 4. The van der Waals surface area contributed by atoms with E-state index in [-0.39, 0.29) is 27.7 Å². The van der Waals surface area contributed by atoms with Gasteiger partial charge in [-0.2, -0.15) is 0 Å². The number of rotatable bonds is 8. The first-order valence-corrected chi connectivity index (χ1v) is 14.3. The molecular formula is C27H28F4N4O7S. The Bertz CT molecular complexity index is 1650. The molecule has 232 valence electrons. The summed E-state index contributed by atoms with van der Waals surface area (Å²) >= 11 is 0. The van der Waals surface area contributed by atoms with Gasteiger partial charge >= 0.3 is 12.2 Å². The molecule has 1 saturated heterocycles. The predicted molar refractivity (Wildman–Crippen MR) is 144 cm³/mol. The van der Waals surface area contributed by atoms with Crippen molar-refractivity contribution in [3.63, 3.8) is 0 Å². The average molecular weight is 629 g/mol. The lowest BCUT2D eigenvalue weighted by molar-refractivity contribution is 0.0607. The van der Waals surface area contributed by atoms with Gasteiger partial charge in [0.25, 0.3) is 10.0 Å². The van der Waals surface area contributed by atoms with E-state index in [2.05, 4.69) is 5.16 Å². The largest absolute Gasteiger partial charge is 0.465 e. The van der Waals surface area contributed by atoms with Crippen molar-refractivity contribution in [1.82, 2.24) is 10.1 Å². The second-order valence-corrected chi connectivity index (χ2v) is 12.5. The smallest absolute Gasteiger partial charge is 0.430 e. The quantitative estimate of drug-likeness (QED) is 0.318. The normalized spacial score (nSPS) is 13.9. The molecule has 1 fully saturated rings. The number of aromatic nitrogens is 1. The molecule has 0 saturated carbocycles. The van der Waals surface area contributed by atoms with Crippen LogP contribution in [-0.4, -0.2) is 54.5 Å². The lowest BCUT2D eigenvalue weighted by Gasteiger charge is -2.32. The van der Waals surface area contributed by atoms with Crippen molar-refractivity contribution in [2.45, 2.75) is 57.7 Å². The Balaban J connectivity index is 1.76. The molecule has 1 N–H and O–H groups in total. The molecule has 0 radical (unpaired) electrons. The first-order valence-electron chi connectivity index (χ1n) is 12.9. The zero-order valence-corrected chi connectivity index (χ0v) is 24.3. The van der Waals surface area contributed by atoms with Crippen LogP contribution < -0.4 is 9.21 Å². The maximum atomic E-state index is 15.5. The number of likely N-dealkylation sites (tertiary alicyclic amines) is 1. The number of hydrogen-bond acceptors (Lipinski definition) is 8. The number of ether oxygens (including phenoxy) is 1. The van der Waals surface area contributed by atoms with E-state index in [0.29, 0.717) is 30.1 Å². The zero-order chi connectivity index (χ0) is 31.9. The number of carboxylic acid groups (broad SMARTS) is 1. The Morgan fingerprint density at radius 3 is 2.07 bits per heavy atom. The number of amides is 2. The van der Waals surface area contributed by atoms with E-state index in [1.165, 1.54) is 27.7 Å². The van der Waals surface area contributed by atoms with Gasteiger partial charge in [0.05, 0.1) is 12.2 Å². The average Bonchev–Trinajstić information content (AvgIpc) is 3.25. The Morgan fingerprint density at radius 1 is 1.02 bits per heavy atom. The van der Waals surface area contributed by atoms with Gasteiger partial charge < -0.3 is 14.4 Å². The Morgan fingerprint density at radius 2 is 1.60 bits per heavy atom. The van der Waals surface area contributed by atoms with E-state index in [0.717, 1.165) is 24.6 Å². The third-order valence-electron chi connectivity index (χ3n) is 6.37. The molecule has 4 rings (SSSR count). The molecule has 2 aromatic carbocycles. The van der Waals surface area contributed by atoms with Crippen molar-refractivity contribution in [2.24, 2.45) is 0 Å². The van der Waals surface area contributed by atoms with Crippen LogP contribution in [0, 0.1) is 30.2 Å². The molecule has 1 aromatic heterocycles. The van der Waals surface area contributed by atoms with Crippen molar-refractivity contribution in [3.05, 3.63) is 70.5 Å². The molecule has 0 bridgehead atoms. The van der Waals surface area contributed by atoms with Gasteiger partial charge in [0.1, 0.15) is 34.6 Å². The van der Waals surface area contributed by atoms with Gasteiger partial charge in [0.2, 0.25) is 0 Å². The number of carbonyl (C=O) groups excluding carboxylic acids is 1. The van der Waals surface area contributed by atoms with Crippen molar-refractivity contribution < 1.29 is 49.9 Å². The van der Waals surface area contributed by atoms with Crippen molar-refractivity contribution in [1.29, 1.82) is 0 Å². The topological polar surface area (TPSA) is 133 Å². The summed E-state index contributed by atoms with van der Waals surface area (Å²) in [5.41, 5.74) is -2.43. The number of carbonyl (C=O) groups is 2. The van der Waals surface area contributed by atoms with Crippen LogP contribution in [0.1, 0.15) is 44.1 Å². The number of benzene rings is 2. The van der Waals surface area contributed by atoms with E-state index in [1.54, 1.807) is 4.90 Å². The maximum absolute atomic E-state index is 15.5. The number of halogens is 4. The molecule has 0 unspecified atom stereocenters. The fourth-order valence-electron chi connectivity index (χ4n) is 4.28. The molecule has 0 atom stereocenters. The van der Waals surface area contributed by atoms with Crippen LogP contribution >= 0.6 is 0 Å². The van der Waals surface area contributed by atoms with Crippen molar-refractivity contribution in [2.75, 3.05) is 22.3 Å². The summed E-state index contributed by atoms with van der Waals surface area (Å²) in [6, 6.07) is 3.49. The standard InChI is InChI=1S/C27H28F4N4O7S/c1-15-10-23(32-42-15)35(26(38)41-27(2,3)4)43(39,40)24-21(30)11-16(12-22(24)31)34(25(36)37)14-18-17(13-33-8-5-9-33)19(28)6-7-20(18)29/h6-7,10-12H,5,8-9,13-14H2,1-4H3,(H,36,37). The number of aryl methyl sites for hydroxylation is 1. The summed E-state index contributed by atoms with van der Waals surface area (Å²) in [5, 5.41) is 13.3. The summed E-state index contributed by atoms with van der Waals surface area (Å²) in [6.45, 7) is 6.04. The van der Waals surface area contributed by atoms with Crippen molar-refractivity contribution >= 4 is 33.7 Å². The van der Waals surface area contributed by atoms with Crippen LogP contribution in [0.4, 0.5) is 38.7 Å². The van der Waals surface area contributed by atoms with Gasteiger partial charge in [0, 0.05) is 23.7 Å². The third-order valence-corrected chi connectivity index (χ3v) is 8.09. The lowest BCUT2D eigenvalue weighted by atomic mass is 10.0. The zero-order valence-electron chi connectivity index (χ0n) is 23.5. The number of anilines is 2. The molecule has 11 nitrogen and oxygen atoms in total. The van der Waals surface area contributed by atoms with Crippen LogP contribution in [0.5, 0.6) is 0 Å². The molecule has 1 aliphatic heterocycles. The predicted octanol–water partition coefficient (Wildman–Crippen LogP) is 5.56. The molecule has 16 heteroatoms. The summed E-state index contributed by atoms with van der Waals surface area (Å²) in [6.07, 6.45) is -2.49. The third kappa shape index (κ3) is 6.74. The molecule has 2 amide bonds. The molecule has 0 aliphatic carbocycles. The number of hydrogen-bond donors (Lipinski definition) is 1. The summed E-state index contributed by atoms with van der Waals surface area (Å²) in [5.74, 6) is -5.90. The Kier molecular flexibility index (Phi) is 8.74. The minimum absolute atomic E-state index is 0.0195. The van der Waals surface area contributed by atoms with Gasteiger partial charge in [-0.05, 0) is 71.5 Å². The second kappa shape index (κ2) is 11.8. The highest BCUT2D eigenvalue weighted by Crippen LogP contribution is 2.33. The minimum atomic E-state index is -5.42. The van der Waals surface area contributed by atoms with E-state index < -0.39 is 74.0 Å². The highest BCUT2D eigenvalue weighted by molar-refractivity contribution is 7.93. The Hall–Kier alpha value is -4.18. The van der Waals surface area contributed by atoms with Gasteiger partial charge in [0.15, 0.2) is 10.7 Å². The molecule has 3 aromatic rings. The fraction of sp³-hybridized carbons (Fsp3) is 0.370. The highest BCUT2D eigenvalue weighted by Gasteiger charge is 2.41. The van der Waals surface area contributed by atoms with Crippen LogP contribution in [0.2, 0.25) is 0 Å². The van der Waals surface area contributed by atoms with Gasteiger partial charge in [-0.25, -0.2) is 35.6 Å². The molecular weight excluding hydrogens is 600 g/mol. The van der Waals surface area contributed by atoms with E-state index in [4.69, 9.17) is 9.26 Å². The highest BCUT2D eigenvalue weighted by atomic mass is 32.2. The van der Waals surface area contributed by atoms with Crippen molar-refractivity contribution in [3.8, 4) is 0 Å². The van der Waals surface area contributed by atoms with Crippen LogP contribution in [-0.2, 0) is 27.8 Å². The van der Waals surface area contributed by atoms with Gasteiger partial charge in [-0.15, -0.1) is 4.31 Å². The monoisotopic (exact) mass is 628 g/mol. The van der Waals surface area contributed by atoms with E-state index in [9.17, 15) is 31.9 Å².